The zero-order chi connectivity index (χ0) is 21.5. The first-order chi connectivity index (χ1) is 14.5. The Morgan fingerprint density at radius 2 is 1.87 bits per heavy atom. The van der Waals surface area contributed by atoms with Gasteiger partial charge in [0.2, 0.25) is 17.8 Å². The van der Waals surface area contributed by atoms with Crippen LogP contribution in [-0.4, -0.2) is 62.3 Å². The van der Waals surface area contributed by atoms with Gasteiger partial charge in [-0.15, -0.1) is 0 Å². The van der Waals surface area contributed by atoms with Crippen molar-refractivity contribution in [3.05, 3.63) is 35.7 Å². The van der Waals surface area contributed by atoms with Crippen molar-refractivity contribution in [1.82, 2.24) is 20.3 Å². The third-order valence-electron chi connectivity index (χ3n) is 4.70. The fourth-order valence-electron chi connectivity index (χ4n) is 3.09. The number of nitrogens with zero attached hydrogens (tertiary/aromatic N) is 5. The maximum atomic E-state index is 12.3. The molecule has 0 bridgehead atoms. The van der Waals surface area contributed by atoms with Crippen molar-refractivity contribution in [2.45, 2.75) is 19.4 Å². The van der Waals surface area contributed by atoms with Gasteiger partial charge >= 0.3 is 0 Å². The van der Waals surface area contributed by atoms with Crippen molar-refractivity contribution in [3.63, 3.8) is 0 Å². The molecule has 1 aliphatic rings. The molecule has 0 unspecified atom stereocenters. The van der Waals surface area contributed by atoms with Crippen LogP contribution in [0.5, 0.6) is 11.5 Å². The summed E-state index contributed by atoms with van der Waals surface area (Å²) in [4.78, 5) is 29.8. The fourth-order valence-corrected chi connectivity index (χ4v) is 3.09. The first kappa shape index (κ1) is 21.4. The Morgan fingerprint density at radius 1 is 1.13 bits per heavy atom. The molecule has 2 aromatic rings. The number of nitrogens with one attached hydrogen (secondary N) is 1. The molecule has 0 atom stereocenters. The zero-order valence-corrected chi connectivity index (χ0v) is 17.9. The number of carbonyl (C=O) groups is 1. The van der Waals surface area contributed by atoms with Gasteiger partial charge in [-0.05, 0) is 36.6 Å². The quantitative estimate of drug-likeness (QED) is 0.657. The molecule has 0 aliphatic carbocycles. The number of ether oxygens (including phenoxy) is 2. The van der Waals surface area contributed by atoms with Crippen molar-refractivity contribution in [1.29, 1.82) is 0 Å². The minimum atomic E-state index is -0.237. The van der Waals surface area contributed by atoms with E-state index in [1.807, 2.05) is 25.1 Å². The summed E-state index contributed by atoms with van der Waals surface area (Å²) >= 11 is 0. The molecule has 1 saturated heterocycles. The van der Waals surface area contributed by atoms with Crippen LogP contribution in [0.1, 0.15) is 24.2 Å². The van der Waals surface area contributed by atoms with E-state index in [0.717, 1.165) is 31.5 Å². The highest BCUT2D eigenvalue weighted by atomic mass is 16.5. The van der Waals surface area contributed by atoms with Crippen molar-refractivity contribution in [2.75, 3.05) is 51.2 Å². The van der Waals surface area contributed by atoms with Crippen molar-refractivity contribution < 1.29 is 14.3 Å². The average molecular weight is 412 g/mol. The summed E-state index contributed by atoms with van der Waals surface area (Å²) in [5, 5.41) is 2.83. The lowest BCUT2D eigenvalue weighted by atomic mass is 10.2. The molecule has 0 saturated carbocycles. The molecule has 30 heavy (non-hydrogen) atoms. The molecule has 9 heteroatoms. The maximum absolute atomic E-state index is 12.3. The smallest absolute Gasteiger partial charge is 0.244 e. The van der Waals surface area contributed by atoms with E-state index in [4.69, 9.17) is 9.47 Å². The van der Waals surface area contributed by atoms with E-state index in [9.17, 15) is 4.79 Å². The zero-order valence-electron chi connectivity index (χ0n) is 17.9. The summed E-state index contributed by atoms with van der Waals surface area (Å²) < 4.78 is 10.5. The Hall–Kier alpha value is -3.36. The van der Waals surface area contributed by atoms with Crippen LogP contribution in [0, 0.1) is 0 Å². The van der Waals surface area contributed by atoms with Crippen molar-refractivity contribution in [2.24, 2.45) is 0 Å². The molecule has 1 aromatic carbocycles. The molecule has 1 N–H and O–H groups in total. The Labute approximate surface area is 176 Å². The minimum absolute atomic E-state index is 0.222. The third kappa shape index (κ3) is 5.37. The highest BCUT2D eigenvalue weighted by Gasteiger charge is 2.18. The SMILES string of the molecule is COc1ccc(/C=C/C(=O)NCc2nc(N(C)C)nc(N3CCCC3)n2)cc1OC. The third-order valence-corrected chi connectivity index (χ3v) is 4.70. The van der Waals surface area contributed by atoms with E-state index in [1.54, 1.807) is 32.4 Å². The molecule has 3 rings (SSSR count). The second-order valence-electron chi connectivity index (χ2n) is 7.11. The molecule has 0 spiro atoms. The lowest BCUT2D eigenvalue weighted by Crippen LogP contribution is -2.26. The summed E-state index contributed by atoms with van der Waals surface area (Å²) in [7, 11) is 6.93. The maximum Gasteiger partial charge on any atom is 0.244 e. The molecular formula is C21H28N6O3. The minimum Gasteiger partial charge on any atom is -0.493 e. The second kappa shape index (κ2) is 9.91. The summed E-state index contributed by atoms with van der Waals surface area (Å²) in [6.45, 7) is 2.10. The predicted molar refractivity (Wildman–Crippen MR) is 116 cm³/mol. The van der Waals surface area contributed by atoms with Gasteiger partial charge in [0.1, 0.15) is 0 Å². The number of hydrogen-bond acceptors (Lipinski definition) is 8. The van der Waals surface area contributed by atoms with Gasteiger partial charge < -0.3 is 24.6 Å². The molecule has 1 aliphatic heterocycles. The van der Waals surface area contributed by atoms with E-state index < -0.39 is 0 Å². The van der Waals surface area contributed by atoms with Crippen LogP contribution in [0.15, 0.2) is 24.3 Å². The molecule has 9 nitrogen and oxygen atoms in total. The number of rotatable bonds is 8. The molecule has 160 valence electrons. The van der Waals surface area contributed by atoms with E-state index in [2.05, 4.69) is 25.2 Å². The second-order valence-corrected chi connectivity index (χ2v) is 7.11. The number of anilines is 2. The van der Waals surface area contributed by atoms with Crippen LogP contribution in [0.4, 0.5) is 11.9 Å². The summed E-state index contributed by atoms with van der Waals surface area (Å²) in [6, 6.07) is 5.45. The number of benzene rings is 1. The molecule has 1 amide bonds. The first-order valence-corrected chi connectivity index (χ1v) is 9.85. The van der Waals surface area contributed by atoms with E-state index >= 15 is 0 Å². The lowest BCUT2D eigenvalue weighted by Gasteiger charge is -2.18. The Bertz CT molecular complexity index is 910. The highest BCUT2D eigenvalue weighted by molar-refractivity contribution is 5.91. The first-order valence-electron chi connectivity index (χ1n) is 9.85. The van der Waals surface area contributed by atoms with Crippen LogP contribution < -0.4 is 24.6 Å². The van der Waals surface area contributed by atoms with Gasteiger partial charge in [-0.3, -0.25) is 4.79 Å². The molecule has 1 fully saturated rings. The Kier molecular flexibility index (Phi) is 7.05. The van der Waals surface area contributed by atoms with Crippen molar-refractivity contribution >= 4 is 23.9 Å². The number of aromatic nitrogens is 3. The van der Waals surface area contributed by atoms with Gasteiger partial charge in [-0.2, -0.15) is 15.0 Å². The Morgan fingerprint density at radius 3 is 2.53 bits per heavy atom. The highest BCUT2D eigenvalue weighted by Crippen LogP contribution is 2.28. The molecular weight excluding hydrogens is 384 g/mol. The molecule has 1 aromatic heterocycles. The summed E-state index contributed by atoms with van der Waals surface area (Å²) in [6.07, 6.45) is 5.45. The summed E-state index contributed by atoms with van der Waals surface area (Å²) in [5.41, 5.74) is 0.828. The van der Waals surface area contributed by atoms with E-state index in [1.165, 1.54) is 6.08 Å². The number of hydrogen-bond donors (Lipinski definition) is 1. The standard InChI is InChI=1S/C21H28N6O3/c1-26(2)20-23-18(24-21(25-20)27-11-5-6-12-27)14-22-19(28)10-8-15-7-9-16(29-3)17(13-15)30-4/h7-10,13H,5-6,11-12,14H2,1-4H3,(H,22,28)/b10-8+. The number of carbonyl (C=O) groups excluding carboxylic acids is 1. The van der Waals surface area contributed by atoms with Crippen LogP contribution in [0.25, 0.3) is 6.08 Å². The topological polar surface area (TPSA) is 92.7 Å². The number of amides is 1. The average Bonchev–Trinajstić information content (AvgIpc) is 3.30. The lowest BCUT2D eigenvalue weighted by molar-refractivity contribution is -0.116. The van der Waals surface area contributed by atoms with Crippen LogP contribution >= 0.6 is 0 Å². The van der Waals surface area contributed by atoms with Gasteiger partial charge in [0, 0.05) is 33.3 Å². The fraction of sp³-hybridized carbons (Fsp3) is 0.429. The largest absolute Gasteiger partial charge is 0.493 e. The number of methoxy groups -OCH3 is 2. The van der Waals surface area contributed by atoms with Gasteiger partial charge in [0.05, 0.1) is 20.8 Å². The molecule has 0 radical (unpaired) electrons. The van der Waals surface area contributed by atoms with E-state index in [-0.39, 0.29) is 12.5 Å². The Balaban J connectivity index is 1.66. The monoisotopic (exact) mass is 412 g/mol. The van der Waals surface area contributed by atoms with Gasteiger partial charge in [0.15, 0.2) is 17.3 Å². The van der Waals surface area contributed by atoms with Crippen LogP contribution in [0.2, 0.25) is 0 Å². The predicted octanol–water partition coefficient (Wildman–Crippen LogP) is 1.88. The van der Waals surface area contributed by atoms with Gasteiger partial charge in [-0.1, -0.05) is 6.07 Å². The summed E-state index contributed by atoms with van der Waals surface area (Å²) in [5.74, 6) is 2.78. The van der Waals surface area contributed by atoms with E-state index in [0.29, 0.717) is 29.2 Å². The normalized spacial score (nSPS) is 13.5. The van der Waals surface area contributed by atoms with Crippen molar-refractivity contribution in [3.8, 4) is 11.5 Å². The van der Waals surface area contributed by atoms with Crippen LogP contribution in [-0.2, 0) is 11.3 Å². The van der Waals surface area contributed by atoms with Gasteiger partial charge in [0.25, 0.3) is 0 Å². The molecule has 2 heterocycles. The van der Waals surface area contributed by atoms with Gasteiger partial charge in [-0.25, -0.2) is 0 Å². The van der Waals surface area contributed by atoms with Crippen LogP contribution in [0.3, 0.4) is 0 Å².